The van der Waals surface area contributed by atoms with Crippen LogP contribution in [0.15, 0.2) is 0 Å². The Labute approximate surface area is 117 Å². The van der Waals surface area contributed by atoms with E-state index in [0.29, 0.717) is 18.4 Å². The number of amides is 1. The van der Waals surface area contributed by atoms with Crippen LogP contribution < -0.4 is 5.73 Å². The molecule has 0 aliphatic heterocycles. The SMILES string of the molecule is CN(CC1CCCCC1)C(=O)C1CCCCC1CN. The summed E-state index contributed by atoms with van der Waals surface area (Å²) in [5, 5.41) is 0. The van der Waals surface area contributed by atoms with Gasteiger partial charge < -0.3 is 10.6 Å². The minimum atomic E-state index is 0.201. The zero-order valence-corrected chi connectivity index (χ0v) is 12.4. The fraction of sp³-hybridized carbons (Fsp3) is 0.938. The van der Waals surface area contributed by atoms with Gasteiger partial charge in [0.2, 0.25) is 5.91 Å². The van der Waals surface area contributed by atoms with Crippen molar-refractivity contribution in [1.82, 2.24) is 4.90 Å². The quantitative estimate of drug-likeness (QED) is 0.850. The molecule has 0 heterocycles. The van der Waals surface area contributed by atoms with Gasteiger partial charge in [-0.2, -0.15) is 0 Å². The highest BCUT2D eigenvalue weighted by molar-refractivity contribution is 5.79. The number of hydrogen-bond acceptors (Lipinski definition) is 2. The summed E-state index contributed by atoms with van der Waals surface area (Å²) in [6.45, 7) is 1.64. The maximum Gasteiger partial charge on any atom is 0.225 e. The molecule has 1 amide bonds. The Morgan fingerprint density at radius 3 is 2.37 bits per heavy atom. The van der Waals surface area contributed by atoms with E-state index in [-0.39, 0.29) is 5.92 Å². The molecule has 0 aromatic heterocycles. The molecule has 2 fully saturated rings. The molecule has 0 radical (unpaired) electrons. The van der Waals surface area contributed by atoms with Crippen molar-refractivity contribution in [3.05, 3.63) is 0 Å². The summed E-state index contributed by atoms with van der Waals surface area (Å²) in [6.07, 6.45) is 11.3. The van der Waals surface area contributed by atoms with Gasteiger partial charge in [0.1, 0.15) is 0 Å². The van der Waals surface area contributed by atoms with Crippen LogP contribution in [0.4, 0.5) is 0 Å². The molecule has 2 unspecified atom stereocenters. The minimum absolute atomic E-state index is 0.201. The minimum Gasteiger partial charge on any atom is -0.345 e. The van der Waals surface area contributed by atoms with E-state index in [1.54, 1.807) is 0 Å². The highest BCUT2D eigenvalue weighted by atomic mass is 16.2. The molecule has 2 atom stereocenters. The number of carbonyl (C=O) groups is 1. The average molecular weight is 266 g/mol. The van der Waals surface area contributed by atoms with Gasteiger partial charge in [-0.05, 0) is 44.1 Å². The molecule has 19 heavy (non-hydrogen) atoms. The van der Waals surface area contributed by atoms with E-state index >= 15 is 0 Å². The van der Waals surface area contributed by atoms with Gasteiger partial charge in [0.05, 0.1) is 0 Å². The van der Waals surface area contributed by atoms with E-state index in [2.05, 4.69) is 0 Å². The summed E-state index contributed by atoms with van der Waals surface area (Å²) in [7, 11) is 2.00. The number of carbonyl (C=O) groups excluding carboxylic acids is 1. The number of nitrogens with two attached hydrogens (primary N) is 1. The van der Waals surface area contributed by atoms with Crippen LogP contribution >= 0.6 is 0 Å². The van der Waals surface area contributed by atoms with Crippen LogP contribution in [0.5, 0.6) is 0 Å². The molecule has 3 heteroatoms. The molecular weight excluding hydrogens is 236 g/mol. The second kappa shape index (κ2) is 7.28. The van der Waals surface area contributed by atoms with Gasteiger partial charge in [0, 0.05) is 19.5 Å². The predicted molar refractivity (Wildman–Crippen MR) is 78.7 cm³/mol. The highest BCUT2D eigenvalue weighted by Crippen LogP contribution is 2.31. The molecule has 3 nitrogen and oxygen atoms in total. The van der Waals surface area contributed by atoms with Crippen LogP contribution in [-0.2, 0) is 4.79 Å². The largest absolute Gasteiger partial charge is 0.345 e. The highest BCUT2D eigenvalue weighted by Gasteiger charge is 2.32. The first-order valence-electron chi connectivity index (χ1n) is 8.17. The monoisotopic (exact) mass is 266 g/mol. The van der Waals surface area contributed by atoms with Crippen LogP contribution in [-0.4, -0.2) is 30.9 Å². The summed E-state index contributed by atoms with van der Waals surface area (Å²) in [6, 6.07) is 0. The number of rotatable bonds is 4. The summed E-state index contributed by atoms with van der Waals surface area (Å²) in [4.78, 5) is 14.6. The summed E-state index contributed by atoms with van der Waals surface area (Å²) in [5.74, 6) is 1.73. The lowest BCUT2D eigenvalue weighted by Crippen LogP contribution is -2.42. The Balaban J connectivity index is 1.86. The van der Waals surface area contributed by atoms with Crippen molar-refractivity contribution in [3.63, 3.8) is 0 Å². The Hall–Kier alpha value is -0.570. The third-order valence-corrected chi connectivity index (χ3v) is 5.16. The van der Waals surface area contributed by atoms with Crippen molar-refractivity contribution >= 4 is 5.91 Å². The van der Waals surface area contributed by atoms with Crippen LogP contribution in [0, 0.1) is 17.8 Å². The lowest BCUT2D eigenvalue weighted by molar-refractivity contribution is -0.137. The second-order valence-electron chi connectivity index (χ2n) is 6.61. The maximum absolute atomic E-state index is 12.6. The normalized spacial score (nSPS) is 29.2. The van der Waals surface area contributed by atoms with Gasteiger partial charge in [-0.15, -0.1) is 0 Å². The number of nitrogens with zero attached hydrogens (tertiary/aromatic N) is 1. The van der Waals surface area contributed by atoms with Crippen molar-refractivity contribution in [2.45, 2.75) is 57.8 Å². The Bertz CT molecular complexity index is 286. The molecule has 0 bridgehead atoms. The van der Waals surface area contributed by atoms with Crippen molar-refractivity contribution in [3.8, 4) is 0 Å². The molecule has 0 spiro atoms. The maximum atomic E-state index is 12.6. The molecule has 2 rings (SSSR count). The smallest absolute Gasteiger partial charge is 0.225 e. The van der Waals surface area contributed by atoms with E-state index in [1.165, 1.54) is 44.9 Å². The van der Waals surface area contributed by atoms with Crippen LogP contribution in [0.25, 0.3) is 0 Å². The van der Waals surface area contributed by atoms with E-state index in [1.807, 2.05) is 11.9 Å². The summed E-state index contributed by atoms with van der Waals surface area (Å²) < 4.78 is 0. The van der Waals surface area contributed by atoms with Crippen molar-refractivity contribution in [2.75, 3.05) is 20.1 Å². The standard InChI is InChI=1S/C16H30N2O/c1-18(12-13-7-3-2-4-8-13)16(19)15-10-6-5-9-14(15)11-17/h13-15H,2-12,17H2,1H3. The van der Waals surface area contributed by atoms with Gasteiger partial charge in [-0.25, -0.2) is 0 Å². The lowest BCUT2D eigenvalue weighted by atomic mass is 9.78. The Morgan fingerprint density at radius 2 is 1.68 bits per heavy atom. The lowest BCUT2D eigenvalue weighted by Gasteiger charge is -2.34. The summed E-state index contributed by atoms with van der Waals surface area (Å²) >= 11 is 0. The topological polar surface area (TPSA) is 46.3 Å². The predicted octanol–water partition coefficient (Wildman–Crippen LogP) is 2.79. The molecule has 0 saturated heterocycles. The Kier molecular flexibility index (Phi) is 5.68. The van der Waals surface area contributed by atoms with Gasteiger partial charge >= 0.3 is 0 Å². The molecule has 0 aromatic rings. The van der Waals surface area contributed by atoms with E-state index in [9.17, 15) is 4.79 Å². The van der Waals surface area contributed by atoms with E-state index < -0.39 is 0 Å². The molecule has 2 aliphatic carbocycles. The zero-order valence-electron chi connectivity index (χ0n) is 12.4. The first kappa shape index (κ1) is 14.8. The van der Waals surface area contributed by atoms with Gasteiger partial charge in [-0.1, -0.05) is 32.1 Å². The first-order valence-corrected chi connectivity index (χ1v) is 8.17. The van der Waals surface area contributed by atoms with Crippen molar-refractivity contribution in [2.24, 2.45) is 23.5 Å². The van der Waals surface area contributed by atoms with Crippen LogP contribution in [0.1, 0.15) is 57.8 Å². The molecular formula is C16H30N2O. The first-order chi connectivity index (χ1) is 9.22. The fourth-order valence-corrected chi connectivity index (χ4v) is 3.94. The van der Waals surface area contributed by atoms with Gasteiger partial charge in [0.15, 0.2) is 0 Å². The molecule has 2 aliphatic rings. The molecule has 0 aromatic carbocycles. The third-order valence-electron chi connectivity index (χ3n) is 5.16. The number of hydrogen-bond donors (Lipinski definition) is 1. The second-order valence-corrected chi connectivity index (χ2v) is 6.61. The average Bonchev–Trinajstić information content (AvgIpc) is 2.47. The van der Waals surface area contributed by atoms with Crippen molar-refractivity contribution in [1.29, 1.82) is 0 Å². The van der Waals surface area contributed by atoms with Gasteiger partial charge in [0.25, 0.3) is 0 Å². The van der Waals surface area contributed by atoms with E-state index in [0.717, 1.165) is 25.3 Å². The van der Waals surface area contributed by atoms with E-state index in [4.69, 9.17) is 5.73 Å². The van der Waals surface area contributed by atoms with Crippen LogP contribution in [0.2, 0.25) is 0 Å². The van der Waals surface area contributed by atoms with Crippen molar-refractivity contribution < 1.29 is 4.79 Å². The zero-order chi connectivity index (χ0) is 13.7. The fourth-order valence-electron chi connectivity index (χ4n) is 3.94. The molecule has 110 valence electrons. The summed E-state index contributed by atoms with van der Waals surface area (Å²) in [5.41, 5.74) is 5.85. The molecule has 2 saturated carbocycles. The third kappa shape index (κ3) is 3.95. The Morgan fingerprint density at radius 1 is 1.05 bits per heavy atom. The van der Waals surface area contributed by atoms with Gasteiger partial charge in [-0.3, -0.25) is 4.79 Å². The van der Waals surface area contributed by atoms with Crippen LogP contribution in [0.3, 0.4) is 0 Å². The molecule has 2 N–H and O–H groups in total.